The highest BCUT2D eigenvalue weighted by Crippen LogP contribution is 2.47. The Bertz CT molecular complexity index is 334. The zero-order chi connectivity index (χ0) is 11.5. The van der Waals surface area contributed by atoms with Crippen molar-refractivity contribution >= 4 is 5.97 Å². The van der Waals surface area contributed by atoms with E-state index in [1.807, 2.05) is 26.0 Å². The first kappa shape index (κ1) is 11.8. The molecule has 1 fully saturated rings. The van der Waals surface area contributed by atoms with Crippen molar-refractivity contribution in [2.45, 2.75) is 39.0 Å². The molecule has 0 spiro atoms. The second-order valence-electron chi connectivity index (χ2n) is 3.94. The van der Waals surface area contributed by atoms with E-state index in [-0.39, 0.29) is 0 Å². The first-order valence-electron chi connectivity index (χ1n) is 5.46. The lowest BCUT2D eigenvalue weighted by molar-refractivity contribution is 0.0697. The van der Waals surface area contributed by atoms with Gasteiger partial charge in [0, 0.05) is 0 Å². The molecule has 0 unspecified atom stereocenters. The number of hydrogen-bond donors (Lipinski definition) is 1. The van der Waals surface area contributed by atoms with Crippen LogP contribution in [0.25, 0.3) is 0 Å². The minimum Gasteiger partial charge on any atom is -0.478 e. The van der Waals surface area contributed by atoms with Gasteiger partial charge in [-0.25, -0.2) is 4.79 Å². The average molecular weight is 206 g/mol. The number of aromatic carboxylic acids is 1. The lowest BCUT2D eigenvalue weighted by Crippen LogP contribution is -2.01. The quantitative estimate of drug-likeness (QED) is 0.804. The molecule has 0 amide bonds. The first-order chi connectivity index (χ1) is 7.12. The molecule has 1 N–H and O–H groups in total. The van der Waals surface area contributed by atoms with Crippen LogP contribution in [0.15, 0.2) is 24.3 Å². The highest BCUT2D eigenvalue weighted by molar-refractivity contribution is 5.87. The molecule has 0 aliphatic heterocycles. The molecule has 1 aromatic rings. The molecule has 1 aromatic carbocycles. The lowest BCUT2D eigenvalue weighted by atomic mass is 9.97. The Hall–Kier alpha value is -1.31. The molecule has 1 aliphatic carbocycles. The summed E-state index contributed by atoms with van der Waals surface area (Å²) in [6, 6.07) is 7.22. The summed E-state index contributed by atoms with van der Waals surface area (Å²) in [5.74, 6) is -0.854. The molecule has 0 bridgehead atoms. The second-order valence-corrected chi connectivity index (χ2v) is 3.94. The van der Waals surface area contributed by atoms with Crippen LogP contribution in [-0.2, 0) is 5.41 Å². The summed E-state index contributed by atoms with van der Waals surface area (Å²) >= 11 is 0. The molecule has 2 heteroatoms. The van der Waals surface area contributed by atoms with Crippen molar-refractivity contribution in [2.75, 3.05) is 0 Å². The largest absolute Gasteiger partial charge is 0.478 e. The standard InChI is InChI=1S/C11H12O2.C2H6/c1-11(6-7-11)9-4-2-8(3-5-9)10(12)13;1-2/h2-5H,6-7H2,1H3,(H,12,13);1-2H3. The first-order valence-corrected chi connectivity index (χ1v) is 5.46. The summed E-state index contributed by atoms with van der Waals surface area (Å²) in [4.78, 5) is 10.6. The zero-order valence-corrected chi connectivity index (χ0v) is 9.58. The fourth-order valence-corrected chi connectivity index (χ4v) is 1.49. The Kier molecular flexibility index (Phi) is 3.51. The van der Waals surface area contributed by atoms with Gasteiger partial charge >= 0.3 is 5.97 Å². The van der Waals surface area contributed by atoms with Crippen LogP contribution in [0.3, 0.4) is 0 Å². The van der Waals surface area contributed by atoms with Gasteiger partial charge in [0.2, 0.25) is 0 Å². The predicted octanol–water partition coefficient (Wildman–Crippen LogP) is 3.46. The van der Waals surface area contributed by atoms with Crippen LogP contribution in [-0.4, -0.2) is 11.1 Å². The molecule has 2 rings (SSSR count). The van der Waals surface area contributed by atoms with Crippen molar-refractivity contribution in [3.05, 3.63) is 35.4 Å². The number of rotatable bonds is 2. The van der Waals surface area contributed by atoms with E-state index in [0.717, 1.165) is 0 Å². The van der Waals surface area contributed by atoms with Gasteiger partial charge in [0.1, 0.15) is 0 Å². The van der Waals surface area contributed by atoms with Crippen molar-refractivity contribution in [3.8, 4) is 0 Å². The summed E-state index contributed by atoms with van der Waals surface area (Å²) in [6.07, 6.45) is 2.44. The molecule has 82 valence electrons. The van der Waals surface area contributed by atoms with Crippen molar-refractivity contribution < 1.29 is 9.90 Å². The predicted molar refractivity (Wildman–Crippen MR) is 61.3 cm³/mol. The van der Waals surface area contributed by atoms with Gasteiger partial charge in [-0.2, -0.15) is 0 Å². The Balaban J connectivity index is 0.000000531. The maximum atomic E-state index is 10.6. The molecule has 2 nitrogen and oxygen atoms in total. The van der Waals surface area contributed by atoms with E-state index in [0.29, 0.717) is 11.0 Å². The summed E-state index contributed by atoms with van der Waals surface area (Å²) in [7, 11) is 0. The summed E-state index contributed by atoms with van der Waals surface area (Å²) in [5, 5.41) is 8.69. The molecule has 0 aromatic heterocycles. The van der Waals surface area contributed by atoms with Crippen LogP contribution < -0.4 is 0 Å². The Morgan fingerprint density at radius 3 is 2.00 bits per heavy atom. The van der Waals surface area contributed by atoms with Crippen LogP contribution in [0, 0.1) is 0 Å². The van der Waals surface area contributed by atoms with Gasteiger partial charge in [-0.05, 0) is 36.0 Å². The molecule has 15 heavy (non-hydrogen) atoms. The van der Waals surface area contributed by atoms with Gasteiger partial charge in [0.05, 0.1) is 5.56 Å². The number of carboxylic acids is 1. The normalized spacial score (nSPS) is 16.2. The Labute approximate surface area is 90.9 Å². The molecule has 0 atom stereocenters. The molecular weight excluding hydrogens is 188 g/mol. The van der Waals surface area contributed by atoms with E-state index in [2.05, 4.69) is 6.92 Å². The summed E-state index contributed by atoms with van der Waals surface area (Å²) in [6.45, 7) is 6.21. The van der Waals surface area contributed by atoms with Gasteiger partial charge in [-0.15, -0.1) is 0 Å². The third-order valence-corrected chi connectivity index (χ3v) is 2.83. The van der Waals surface area contributed by atoms with E-state index >= 15 is 0 Å². The average Bonchev–Trinajstić information content (AvgIpc) is 3.01. The van der Waals surface area contributed by atoms with Gasteiger partial charge in [0.15, 0.2) is 0 Å². The highest BCUT2D eigenvalue weighted by Gasteiger charge is 2.38. The Morgan fingerprint density at radius 1 is 1.20 bits per heavy atom. The smallest absolute Gasteiger partial charge is 0.335 e. The van der Waals surface area contributed by atoms with Gasteiger partial charge in [0.25, 0.3) is 0 Å². The van der Waals surface area contributed by atoms with Crippen molar-refractivity contribution in [1.29, 1.82) is 0 Å². The topological polar surface area (TPSA) is 37.3 Å². The van der Waals surface area contributed by atoms with Crippen LogP contribution in [0.5, 0.6) is 0 Å². The Morgan fingerprint density at radius 2 is 1.67 bits per heavy atom. The maximum absolute atomic E-state index is 10.6. The molecule has 0 heterocycles. The number of carbonyl (C=O) groups is 1. The van der Waals surface area contributed by atoms with Crippen LogP contribution in [0.1, 0.15) is 49.5 Å². The van der Waals surface area contributed by atoms with Gasteiger partial charge < -0.3 is 5.11 Å². The van der Waals surface area contributed by atoms with Crippen molar-refractivity contribution in [2.24, 2.45) is 0 Å². The molecular formula is C13H18O2. The van der Waals surface area contributed by atoms with Crippen molar-refractivity contribution in [3.63, 3.8) is 0 Å². The number of hydrogen-bond acceptors (Lipinski definition) is 1. The molecule has 1 saturated carbocycles. The van der Waals surface area contributed by atoms with E-state index in [9.17, 15) is 4.79 Å². The fourth-order valence-electron chi connectivity index (χ4n) is 1.49. The summed E-state index contributed by atoms with van der Waals surface area (Å²) < 4.78 is 0. The van der Waals surface area contributed by atoms with Crippen LogP contribution in [0.4, 0.5) is 0 Å². The molecule has 0 saturated heterocycles. The van der Waals surface area contributed by atoms with E-state index < -0.39 is 5.97 Å². The van der Waals surface area contributed by atoms with Crippen LogP contribution >= 0.6 is 0 Å². The number of benzene rings is 1. The second kappa shape index (κ2) is 4.47. The van der Waals surface area contributed by atoms with Crippen molar-refractivity contribution in [1.82, 2.24) is 0 Å². The maximum Gasteiger partial charge on any atom is 0.335 e. The lowest BCUT2D eigenvalue weighted by Gasteiger charge is -2.07. The van der Waals surface area contributed by atoms with E-state index in [1.165, 1.54) is 18.4 Å². The fraction of sp³-hybridized carbons (Fsp3) is 0.462. The molecule has 0 radical (unpaired) electrons. The van der Waals surface area contributed by atoms with Gasteiger partial charge in [-0.1, -0.05) is 32.9 Å². The zero-order valence-electron chi connectivity index (χ0n) is 9.58. The molecule has 1 aliphatic rings. The third kappa shape index (κ3) is 2.58. The minimum absolute atomic E-state index is 0.330. The highest BCUT2D eigenvalue weighted by atomic mass is 16.4. The van der Waals surface area contributed by atoms with E-state index in [4.69, 9.17) is 5.11 Å². The van der Waals surface area contributed by atoms with E-state index in [1.54, 1.807) is 12.1 Å². The number of carboxylic acid groups (broad SMARTS) is 1. The minimum atomic E-state index is -0.854. The monoisotopic (exact) mass is 206 g/mol. The SMILES string of the molecule is CC.CC1(c2ccc(C(=O)O)cc2)CC1. The third-order valence-electron chi connectivity index (χ3n) is 2.83. The van der Waals surface area contributed by atoms with Gasteiger partial charge in [-0.3, -0.25) is 0 Å². The summed E-state index contributed by atoms with van der Waals surface area (Å²) in [5.41, 5.74) is 1.96. The van der Waals surface area contributed by atoms with Crippen LogP contribution in [0.2, 0.25) is 0 Å².